The molecule has 1 N–H and O–H groups in total. The van der Waals surface area contributed by atoms with E-state index in [0.717, 1.165) is 40.8 Å². The average molecular weight is 542 g/mol. The lowest BCUT2D eigenvalue weighted by Gasteiger charge is -2.34. The molecule has 2 heterocycles. The van der Waals surface area contributed by atoms with Crippen LogP contribution in [0.2, 0.25) is 15.1 Å². The van der Waals surface area contributed by atoms with Crippen molar-refractivity contribution in [3.8, 4) is 11.1 Å². The van der Waals surface area contributed by atoms with Crippen molar-refractivity contribution in [2.24, 2.45) is 0 Å². The van der Waals surface area contributed by atoms with Crippen molar-refractivity contribution in [3.63, 3.8) is 0 Å². The first-order chi connectivity index (χ1) is 17.5. The summed E-state index contributed by atoms with van der Waals surface area (Å²) in [6, 6.07) is 16.9. The molecule has 0 bridgehead atoms. The number of rotatable bonds is 3. The molecule has 1 saturated heterocycles. The molecule has 6 rings (SSSR count). The summed E-state index contributed by atoms with van der Waals surface area (Å²) in [5.41, 5.74) is 6.16. The van der Waals surface area contributed by atoms with Crippen LogP contribution in [0.25, 0.3) is 16.7 Å². The van der Waals surface area contributed by atoms with Gasteiger partial charge < -0.3 is 14.8 Å². The molecule has 2 aliphatic heterocycles. The number of para-hydroxylation sites is 1. The number of hydrogen-bond donors (Lipinski definition) is 1. The Balaban J connectivity index is 1.55. The van der Waals surface area contributed by atoms with E-state index in [4.69, 9.17) is 44.3 Å². The minimum Gasteiger partial charge on any atom is -0.347 e. The first-order valence-electron chi connectivity index (χ1n) is 11.9. The molecule has 5 nitrogen and oxygen atoms in total. The first-order valence-corrected chi connectivity index (χ1v) is 13.0. The van der Waals surface area contributed by atoms with Gasteiger partial charge in [0.15, 0.2) is 5.79 Å². The van der Waals surface area contributed by atoms with Crippen LogP contribution < -0.4 is 10.2 Å². The maximum Gasteiger partial charge on any atom is 0.326 e. The minimum atomic E-state index is -0.514. The van der Waals surface area contributed by atoms with E-state index < -0.39 is 5.79 Å². The molecular weight excluding hydrogens is 519 g/mol. The van der Waals surface area contributed by atoms with Crippen LogP contribution in [0.1, 0.15) is 30.4 Å². The quantitative estimate of drug-likeness (QED) is 0.366. The van der Waals surface area contributed by atoms with Crippen LogP contribution in [0.5, 0.6) is 0 Å². The molecule has 0 radical (unpaired) electrons. The second-order valence-corrected chi connectivity index (χ2v) is 10.3. The third-order valence-electron chi connectivity index (χ3n) is 7.03. The lowest BCUT2D eigenvalue weighted by molar-refractivity contribution is -0.159. The third kappa shape index (κ3) is 4.09. The van der Waals surface area contributed by atoms with E-state index in [1.807, 2.05) is 30.3 Å². The molecule has 3 aromatic carbocycles. The number of benzene rings is 3. The number of hydrogen-bond acceptors (Lipinski definition) is 3. The van der Waals surface area contributed by atoms with Crippen LogP contribution >= 0.6 is 34.8 Å². The molecule has 0 unspecified atom stereocenters. The van der Waals surface area contributed by atoms with Gasteiger partial charge in [-0.15, -0.1) is 0 Å². The maximum atomic E-state index is 13.3. The van der Waals surface area contributed by atoms with E-state index >= 15 is 0 Å². The van der Waals surface area contributed by atoms with E-state index in [9.17, 15) is 4.79 Å². The summed E-state index contributed by atoms with van der Waals surface area (Å²) < 4.78 is 11.8. The Morgan fingerprint density at radius 1 is 0.889 bits per heavy atom. The minimum absolute atomic E-state index is 0.288. The number of carbonyl (C=O) groups is 1. The Morgan fingerprint density at radius 3 is 2.31 bits per heavy atom. The maximum absolute atomic E-state index is 13.3. The van der Waals surface area contributed by atoms with E-state index in [2.05, 4.69) is 17.5 Å². The topological polar surface area (TPSA) is 50.8 Å². The number of allylic oxidation sites excluding steroid dienone is 1. The van der Waals surface area contributed by atoms with E-state index in [1.54, 1.807) is 23.1 Å². The molecule has 8 heteroatoms. The molecule has 36 heavy (non-hydrogen) atoms. The predicted molar refractivity (Wildman–Crippen MR) is 144 cm³/mol. The van der Waals surface area contributed by atoms with Crippen molar-refractivity contribution in [1.82, 2.24) is 5.32 Å². The fraction of sp³-hybridized carbons (Fsp3) is 0.250. The van der Waals surface area contributed by atoms with Gasteiger partial charge in [-0.2, -0.15) is 0 Å². The van der Waals surface area contributed by atoms with E-state index in [0.29, 0.717) is 46.9 Å². The summed E-state index contributed by atoms with van der Waals surface area (Å²) in [6.07, 6.45) is 4.43. The highest BCUT2D eigenvalue weighted by Gasteiger charge is 2.38. The number of urea groups is 1. The molecule has 0 saturated carbocycles. The fourth-order valence-corrected chi connectivity index (χ4v) is 6.06. The average Bonchev–Trinajstić information content (AvgIpc) is 3.33. The number of carbonyl (C=O) groups excluding carboxylic acids is 1. The zero-order chi connectivity index (χ0) is 24.9. The predicted octanol–water partition coefficient (Wildman–Crippen LogP) is 7.99. The zero-order valence-corrected chi connectivity index (χ0v) is 21.6. The molecule has 3 aliphatic rings. The molecule has 0 atom stereocenters. The Morgan fingerprint density at radius 2 is 1.61 bits per heavy atom. The van der Waals surface area contributed by atoms with Gasteiger partial charge in [0.05, 0.1) is 34.6 Å². The zero-order valence-electron chi connectivity index (χ0n) is 19.3. The Labute approximate surface area is 224 Å². The van der Waals surface area contributed by atoms with Crippen molar-refractivity contribution in [1.29, 1.82) is 0 Å². The molecule has 1 fully saturated rings. The molecule has 3 aromatic rings. The molecule has 1 spiro atoms. The summed E-state index contributed by atoms with van der Waals surface area (Å²) in [6.45, 7) is 1.61. The van der Waals surface area contributed by atoms with Gasteiger partial charge in [-0.3, -0.25) is 4.90 Å². The van der Waals surface area contributed by atoms with Gasteiger partial charge in [-0.05, 0) is 53.5 Å². The molecule has 184 valence electrons. The van der Waals surface area contributed by atoms with Crippen LogP contribution in [-0.2, 0) is 16.0 Å². The normalized spacial score (nSPS) is 18.7. The largest absolute Gasteiger partial charge is 0.347 e. The van der Waals surface area contributed by atoms with Crippen molar-refractivity contribution < 1.29 is 14.3 Å². The number of nitrogens with zero attached hydrogens (tertiary/aromatic N) is 1. The lowest BCUT2D eigenvalue weighted by Crippen LogP contribution is -2.41. The van der Waals surface area contributed by atoms with Crippen molar-refractivity contribution >= 4 is 57.8 Å². The van der Waals surface area contributed by atoms with Gasteiger partial charge in [-0.1, -0.05) is 65.1 Å². The van der Waals surface area contributed by atoms with Crippen LogP contribution in [0, 0.1) is 0 Å². The van der Waals surface area contributed by atoms with Gasteiger partial charge in [0.25, 0.3) is 0 Å². The fourth-order valence-electron chi connectivity index (χ4n) is 5.25. The molecule has 1 aliphatic carbocycles. The SMILES string of the molecule is O=C1NCc2c(-c3ccccc3Cl)cc(C3=CCC4(CC3)OCCO4)cc2N1c1c(Cl)cccc1Cl. The van der Waals surface area contributed by atoms with Crippen LogP contribution in [0.4, 0.5) is 16.2 Å². The molecule has 0 aromatic heterocycles. The van der Waals surface area contributed by atoms with Crippen LogP contribution in [-0.4, -0.2) is 25.0 Å². The summed E-state index contributed by atoms with van der Waals surface area (Å²) in [7, 11) is 0. The van der Waals surface area contributed by atoms with Crippen LogP contribution in [0.3, 0.4) is 0 Å². The summed E-state index contributed by atoms with van der Waals surface area (Å²) >= 11 is 19.8. The smallest absolute Gasteiger partial charge is 0.326 e. The highest BCUT2D eigenvalue weighted by Crippen LogP contribution is 2.47. The first kappa shape index (κ1) is 23.8. The van der Waals surface area contributed by atoms with E-state index in [1.165, 1.54) is 5.57 Å². The third-order valence-corrected chi connectivity index (χ3v) is 7.97. The number of anilines is 2. The second-order valence-electron chi connectivity index (χ2n) is 9.11. The van der Waals surface area contributed by atoms with Gasteiger partial charge in [0.1, 0.15) is 0 Å². The van der Waals surface area contributed by atoms with Crippen LogP contribution in [0.15, 0.2) is 60.7 Å². The van der Waals surface area contributed by atoms with Gasteiger partial charge >= 0.3 is 6.03 Å². The number of nitrogens with one attached hydrogen (secondary N) is 1. The van der Waals surface area contributed by atoms with Crippen molar-refractivity contribution in [2.45, 2.75) is 31.6 Å². The summed E-state index contributed by atoms with van der Waals surface area (Å²) in [5.74, 6) is -0.514. The van der Waals surface area contributed by atoms with Gasteiger partial charge in [0.2, 0.25) is 0 Å². The summed E-state index contributed by atoms with van der Waals surface area (Å²) in [4.78, 5) is 14.8. The Bertz CT molecular complexity index is 1380. The monoisotopic (exact) mass is 540 g/mol. The number of amides is 2. The summed E-state index contributed by atoms with van der Waals surface area (Å²) in [5, 5.41) is 4.41. The molecular formula is C28H23Cl3N2O3. The van der Waals surface area contributed by atoms with Gasteiger partial charge in [0, 0.05) is 35.5 Å². The lowest BCUT2D eigenvalue weighted by atomic mass is 9.86. The number of halogens is 3. The van der Waals surface area contributed by atoms with Crippen molar-refractivity contribution in [2.75, 3.05) is 18.1 Å². The standard InChI is InChI=1S/C28H23Cl3N2O3/c29-22-5-2-1-4-19(22)20-14-18(17-8-10-28(11-9-17)35-12-13-36-28)15-25-21(20)16-32-27(34)33(25)26-23(30)6-3-7-24(26)31/h1-8,14-15H,9-13,16H2,(H,32,34). The number of ether oxygens (including phenoxy) is 2. The highest BCUT2D eigenvalue weighted by molar-refractivity contribution is 6.40. The second kappa shape index (κ2) is 9.40. The van der Waals surface area contributed by atoms with E-state index in [-0.39, 0.29) is 6.03 Å². The van der Waals surface area contributed by atoms with Gasteiger partial charge in [-0.25, -0.2) is 4.79 Å². The highest BCUT2D eigenvalue weighted by atomic mass is 35.5. The van der Waals surface area contributed by atoms with Crippen molar-refractivity contribution in [3.05, 3.63) is 86.9 Å². The number of fused-ring (bicyclic) bond motifs is 1. The molecule has 2 amide bonds. The Hall–Kier alpha value is -2.54. The Kier molecular flexibility index (Phi) is 6.22.